The molecule has 2 rings (SSSR count). The van der Waals surface area contributed by atoms with Crippen LogP contribution in [0.3, 0.4) is 0 Å². The first-order chi connectivity index (χ1) is 9.31. The SMILES string of the molecule is C[C@@H]1CCNC[C@H]1NS(=O)(=O)c1c(F)cc(F)cc1F. The lowest BCUT2D eigenvalue weighted by atomic mass is 9.96. The highest BCUT2D eigenvalue weighted by Gasteiger charge is 2.30. The van der Waals surface area contributed by atoms with Crippen LogP contribution in [0.15, 0.2) is 17.0 Å². The summed E-state index contributed by atoms with van der Waals surface area (Å²) < 4.78 is 66.3. The first-order valence-corrected chi connectivity index (χ1v) is 7.67. The maximum atomic E-state index is 13.5. The van der Waals surface area contributed by atoms with Crippen LogP contribution in [0.4, 0.5) is 13.2 Å². The van der Waals surface area contributed by atoms with Gasteiger partial charge in [-0.15, -0.1) is 0 Å². The predicted octanol–water partition coefficient (Wildman–Crippen LogP) is 1.38. The Morgan fingerprint density at radius 3 is 2.40 bits per heavy atom. The Hall–Kier alpha value is -1.12. The molecule has 0 spiro atoms. The zero-order chi connectivity index (χ0) is 14.9. The number of benzene rings is 1. The Morgan fingerprint density at radius 2 is 1.85 bits per heavy atom. The third-order valence-corrected chi connectivity index (χ3v) is 4.91. The van der Waals surface area contributed by atoms with Gasteiger partial charge >= 0.3 is 0 Å². The summed E-state index contributed by atoms with van der Waals surface area (Å²) in [4.78, 5) is -1.14. The van der Waals surface area contributed by atoms with Crippen LogP contribution in [0, 0.1) is 23.4 Å². The molecule has 0 amide bonds. The molecule has 1 aromatic rings. The molecule has 1 saturated heterocycles. The van der Waals surface area contributed by atoms with Crippen LogP contribution in [0.5, 0.6) is 0 Å². The number of rotatable bonds is 3. The molecule has 0 aromatic heterocycles. The van der Waals surface area contributed by atoms with Crippen LogP contribution >= 0.6 is 0 Å². The summed E-state index contributed by atoms with van der Waals surface area (Å²) in [5.41, 5.74) is 0. The lowest BCUT2D eigenvalue weighted by Gasteiger charge is -2.30. The average Bonchev–Trinajstić information content (AvgIpc) is 2.30. The molecule has 1 aromatic carbocycles. The van der Waals surface area contributed by atoms with Crippen LogP contribution in [0.25, 0.3) is 0 Å². The van der Waals surface area contributed by atoms with Gasteiger partial charge < -0.3 is 5.32 Å². The highest BCUT2D eigenvalue weighted by Crippen LogP contribution is 2.22. The maximum absolute atomic E-state index is 13.5. The number of piperidine rings is 1. The van der Waals surface area contributed by atoms with Crippen LogP contribution < -0.4 is 10.0 Å². The normalized spacial score (nSPS) is 23.8. The molecule has 20 heavy (non-hydrogen) atoms. The minimum Gasteiger partial charge on any atom is -0.315 e. The molecule has 0 radical (unpaired) electrons. The Morgan fingerprint density at radius 1 is 1.25 bits per heavy atom. The molecule has 4 nitrogen and oxygen atoms in total. The minimum absolute atomic E-state index is 0.0394. The third-order valence-electron chi connectivity index (χ3n) is 3.37. The van der Waals surface area contributed by atoms with Crippen LogP contribution in [-0.2, 0) is 10.0 Å². The van der Waals surface area contributed by atoms with Crippen molar-refractivity contribution in [2.75, 3.05) is 13.1 Å². The number of hydrogen-bond acceptors (Lipinski definition) is 3. The second-order valence-corrected chi connectivity index (χ2v) is 6.55. The van der Waals surface area contributed by atoms with Gasteiger partial charge in [-0.1, -0.05) is 6.92 Å². The van der Waals surface area contributed by atoms with E-state index in [0.29, 0.717) is 18.7 Å². The first kappa shape index (κ1) is 15.3. The van der Waals surface area contributed by atoms with Crippen molar-refractivity contribution in [3.63, 3.8) is 0 Å². The Bertz CT molecular complexity index is 584. The summed E-state index contributed by atoms with van der Waals surface area (Å²) in [5, 5.41) is 3.00. The standard InChI is InChI=1S/C12H15F3N2O2S/c1-7-2-3-16-6-11(7)17-20(18,19)12-9(14)4-8(13)5-10(12)15/h4-5,7,11,16-17H,2-3,6H2,1H3/t7-,11-/m1/s1. The second-order valence-electron chi connectivity index (χ2n) is 4.90. The number of sulfonamides is 1. The predicted molar refractivity (Wildman–Crippen MR) is 67.1 cm³/mol. The summed E-state index contributed by atoms with van der Waals surface area (Å²) in [6, 6.07) is 0.234. The lowest BCUT2D eigenvalue weighted by molar-refractivity contribution is 0.326. The summed E-state index contributed by atoms with van der Waals surface area (Å²) >= 11 is 0. The van der Waals surface area contributed by atoms with E-state index in [4.69, 9.17) is 0 Å². The van der Waals surface area contributed by atoms with Crippen LogP contribution in [-0.4, -0.2) is 27.5 Å². The van der Waals surface area contributed by atoms with Crippen molar-refractivity contribution < 1.29 is 21.6 Å². The van der Waals surface area contributed by atoms with Gasteiger partial charge in [0.15, 0.2) is 4.90 Å². The number of nitrogens with one attached hydrogen (secondary N) is 2. The Labute approximate surface area is 115 Å². The molecule has 0 saturated carbocycles. The minimum atomic E-state index is -4.38. The fourth-order valence-electron chi connectivity index (χ4n) is 2.19. The largest absolute Gasteiger partial charge is 0.315 e. The molecule has 0 bridgehead atoms. The van der Waals surface area contributed by atoms with Gasteiger partial charge in [-0.3, -0.25) is 0 Å². The Kier molecular flexibility index (Phi) is 4.36. The van der Waals surface area contributed by atoms with Crippen molar-refractivity contribution in [2.24, 2.45) is 5.92 Å². The van der Waals surface area contributed by atoms with Gasteiger partial charge in [0.25, 0.3) is 0 Å². The molecule has 1 aliphatic heterocycles. The van der Waals surface area contributed by atoms with Crippen LogP contribution in [0.2, 0.25) is 0 Å². The fourth-order valence-corrected chi connectivity index (χ4v) is 3.65. The molecule has 2 atom stereocenters. The molecule has 1 fully saturated rings. The van der Waals surface area contributed by atoms with Gasteiger partial charge in [-0.05, 0) is 18.9 Å². The molecule has 2 N–H and O–H groups in total. The van der Waals surface area contributed by atoms with Crippen molar-refractivity contribution in [2.45, 2.75) is 24.3 Å². The lowest BCUT2D eigenvalue weighted by Crippen LogP contribution is -2.50. The van der Waals surface area contributed by atoms with Crippen molar-refractivity contribution in [1.29, 1.82) is 0 Å². The number of halogens is 3. The van der Waals surface area contributed by atoms with Gasteiger partial charge in [0.1, 0.15) is 17.5 Å². The summed E-state index contributed by atoms with van der Waals surface area (Å²) in [7, 11) is -4.38. The number of hydrogen-bond donors (Lipinski definition) is 2. The first-order valence-electron chi connectivity index (χ1n) is 6.19. The van der Waals surface area contributed by atoms with E-state index in [1.54, 1.807) is 0 Å². The summed E-state index contributed by atoms with van der Waals surface area (Å²) in [5.74, 6) is -4.00. The van der Waals surface area contributed by atoms with E-state index in [1.165, 1.54) is 0 Å². The topological polar surface area (TPSA) is 58.2 Å². The molecule has 8 heteroatoms. The second kappa shape index (κ2) is 5.71. The van der Waals surface area contributed by atoms with E-state index in [9.17, 15) is 21.6 Å². The van der Waals surface area contributed by atoms with E-state index in [2.05, 4.69) is 10.0 Å². The van der Waals surface area contributed by atoms with E-state index >= 15 is 0 Å². The van der Waals surface area contributed by atoms with Crippen LogP contribution in [0.1, 0.15) is 13.3 Å². The monoisotopic (exact) mass is 308 g/mol. The zero-order valence-electron chi connectivity index (χ0n) is 10.8. The van der Waals surface area contributed by atoms with Gasteiger partial charge in [-0.2, -0.15) is 0 Å². The molecule has 0 unspecified atom stereocenters. The van der Waals surface area contributed by atoms with Crippen molar-refractivity contribution in [3.8, 4) is 0 Å². The fraction of sp³-hybridized carbons (Fsp3) is 0.500. The zero-order valence-corrected chi connectivity index (χ0v) is 11.6. The van der Waals surface area contributed by atoms with E-state index in [0.717, 1.165) is 13.0 Å². The molecule has 1 heterocycles. The Balaban J connectivity index is 2.31. The highest BCUT2D eigenvalue weighted by atomic mass is 32.2. The van der Waals surface area contributed by atoms with Gasteiger partial charge in [0, 0.05) is 24.7 Å². The average molecular weight is 308 g/mol. The van der Waals surface area contributed by atoms with Crippen molar-refractivity contribution >= 4 is 10.0 Å². The third kappa shape index (κ3) is 3.13. The van der Waals surface area contributed by atoms with E-state index in [1.807, 2.05) is 6.92 Å². The summed E-state index contributed by atoms with van der Waals surface area (Å²) in [6.45, 7) is 2.99. The van der Waals surface area contributed by atoms with Crippen molar-refractivity contribution in [3.05, 3.63) is 29.6 Å². The maximum Gasteiger partial charge on any atom is 0.246 e. The van der Waals surface area contributed by atoms with E-state index in [-0.39, 0.29) is 5.92 Å². The highest BCUT2D eigenvalue weighted by molar-refractivity contribution is 7.89. The smallest absolute Gasteiger partial charge is 0.246 e. The molecule has 0 aliphatic carbocycles. The molecular weight excluding hydrogens is 293 g/mol. The molecule has 1 aliphatic rings. The molecular formula is C12H15F3N2O2S. The van der Waals surface area contributed by atoms with Crippen molar-refractivity contribution in [1.82, 2.24) is 10.0 Å². The quantitative estimate of drug-likeness (QED) is 0.887. The van der Waals surface area contributed by atoms with Gasteiger partial charge in [0.2, 0.25) is 10.0 Å². The summed E-state index contributed by atoms with van der Waals surface area (Å²) in [6.07, 6.45) is 0.752. The van der Waals surface area contributed by atoms with E-state index < -0.39 is 38.4 Å². The van der Waals surface area contributed by atoms with Gasteiger partial charge in [0.05, 0.1) is 0 Å². The van der Waals surface area contributed by atoms with Gasteiger partial charge in [-0.25, -0.2) is 26.3 Å². The molecule has 112 valence electrons.